The van der Waals surface area contributed by atoms with Gasteiger partial charge in [-0.2, -0.15) is 5.26 Å². The Morgan fingerprint density at radius 3 is 2.37 bits per heavy atom. The minimum absolute atomic E-state index is 0.176. The first kappa shape index (κ1) is 26.0. The summed E-state index contributed by atoms with van der Waals surface area (Å²) in [6.07, 6.45) is 8.54. The summed E-state index contributed by atoms with van der Waals surface area (Å²) >= 11 is 0. The van der Waals surface area contributed by atoms with Crippen LogP contribution >= 0.6 is 0 Å². The maximum atomic E-state index is 13.0. The van der Waals surface area contributed by atoms with Gasteiger partial charge >= 0.3 is 5.97 Å². The first-order chi connectivity index (χ1) is 14.4. The molecule has 1 aromatic rings. The Morgan fingerprint density at radius 1 is 1.10 bits per heavy atom. The molecule has 0 spiro atoms. The van der Waals surface area contributed by atoms with Gasteiger partial charge in [-0.15, -0.1) is 0 Å². The van der Waals surface area contributed by atoms with E-state index in [0.717, 1.165) is 43.4 Å². The van der Waals surface area contributed by atoms with Crippen molar-refractivity contribution in [2.45, 2.75) is 79.1 Å². The molecule has 0 radical (unpaired) electrons. The number of unbranched alkanes of at least 4 members (excludes halogenated alkanes) is 1. The molecule has 4 heteroatoms. The lowest BCUT2D eigenvalue weighted by Crippen LogP contribution is -2.21. The van der Waals surface area contributed by atoms with E-state index in [1.54, 1.807) is 0 Å². The van der Waals surface area contributed by atoms with E-state index >= 15 is 0 Å². The maximum Gasteiger partial charge on any atom is 0.338 e. The minimum atomic E-state index is -0.299. The van der Waals surface area contributed by atoms with Crippen LogP contribution in [0.25, 0.3) is 0 Å². The predicted octanol–water partition coefficient (Wildman–Crippen LogP) is 6.63. The monoisotopic (exact) mass is 414 g/mol. The number of benzene rings is 1. The van der Waals surface area contributed by atoms with E-state index in [1.165, 1.54) is 19.3 Å². The molecule has 0 aliphatic heterocycles. The molecule has 3 unspecified atom stereocenters. The standard InChI is InChI=1S/C26H42N2O2/c1-7-11-13-20(9-3)16-22-17-24(28(5)6)14-15-25(22)26(29)30-19-23(18-27)21(10-4)12-8-2/h14-15,17,20-21,23H,7-13,16,19H2,1-6H3. The summed E-state index contributed by atoms with van der Waals surface area (Å²) in [5, 5.41) is 9.58. The van der Waals surface area contributed by atoms with Gasteiger partial charge in [0.05, 0.1) is 17.6 Å². The SMILES string of the molecule is CCCCC(CC)Cc1cc(N(C)C)ccc1C(=O)OCC(C#N)C(CC)CCC. The van der Waals surface area contributed by atoms with Crippen molar-refractivity contribution < 1.29 is 9.53 Å². The van der Waals surface area contributed by atoms with Gasteiger partial charge in [-0.3, -0.25) is 0 Å². The Balaban J connectivity index is 3.02. The third-order valence-corrected chi connectivity index (χ3v) is 6.19. The Morgan fingerprint density at radius 2 is 1.83 bits per heavy atom. The molecule has 0 bridgehead atoms. The fourth-order valence-electron chi connectivity index (χ4n) is 4.06. The zero-order chi connectivity index (χ0) is 22.5. The van der Waals surface area contributed by atoms with Crippen LogP contribution in [-0.4, -0.2) is 26.7 Å². The van der Waals surface area contributed by atoms with Gasteiger partial charge in [-0.05, 0) is 48.4 Å². The van der Waals surface area contributed by atoms with Gasteiger partial charge in [0.1, 0.15) is 6.61 Å². The number of hydrogen-bond acceptors (Lipinski definition) is 4. The molecular weight excluding hydrogens is 372 g/mol. The second-order valence-corrected chi connectivity index (χ2v) is 8.65. The largest absolute Gasteiger partial charge is 0.461 e. The third kappa shape index (κ3) is 8.01. The second-order valence-electron chi connectivity index (χ2n) is 8.65. The van der Waals surface area contributed by atoms with Crippen LogP contribution in [0.15, 0.2) is 18.2 Å². The lowest BCUT2D eigenvalue weighted by atomic mass is 9.88. The normalized spacial score (nSPS) is 13.9. The summed E-state index contributed by atoms with van der Waals surface area (Å²) in [5.74, 6) is 0.306. The fraction of sp³-hybridized carbons (Fsp3) is 0.692. The van der Waals surface area contributed by atoms with Crippen LogP contribution in [0.2, 0.25) is 0 Å². The van der Waals surface area contributed by atoms with E-state index in [2.05, 4.69) is 44.7 Å². The average Bonchev–Trinajstić information content (AvgIpc) is 2.75. The zero-order valence-corrected chi connectivity index (χ0v) is 20.0. The molecule has 3 atom stereocenters. The first-order valence-corrected chi connectivity index (χ1v) is 11.8. The number of carbonyl (C=O) groups excluding carboxylic acids is 1. The van der Waals surface area contributed by atoms with Crippen molar-refractivity contribution in [3.63, 3.8) is 0 Å². The molecule has 0 N–H and O–H groups in total. The molecule has 0 aliphatic rings. The fourth-order valence-corrected chi connectivity index (χ4v) is 4.06. The van der Waals surface area contributed by atoms with Crippen LogP contribution in [0.3, 0.4) is 0 Å². The highest BCUT2D eigenvalue weighted by atomic mass is 16.5. The van der Waals surface area contributed by atoms with Crippen molar-refractivity contribution in [3.8, 4) is 6.07 Å². The van der Waals surface area contributed by atoms with Crippen molar-refractivity contribution >= 4 is 11.7 Å². The summed E-state index contributed by atoms with van der Waals surface area (Å²) < 4.78 is 5.67. The second kappa shape index (κ2) is 14.1. The molecule has 1 rings (SSSR count). The van der Waals surface area contributed by atoms with Crippen LogP contribution in [0.4, 0.5) is 5.69 Å². The lowest BCUT2D eigenvalue weighted by molar-refractivity contribution is 0.0429. The van der Waals surface area contributed by atoms with Crippen molar-refractivity contribution in [2.75, 3.05) is 25.6 Å². The molecule has 0 aromatic heterocycles. The van der Waals surface area contributed by atoms with Crippen molar-refractivity contribution in [3.05, 3.63) is 29.3 Å². The summed E-state index contributed by atoms with van der Waals surface area (Å²) in [7, 11) is 4.03. The van der Waals surface area contributed by atoms with Crippen LogP contribution in [0.5, 0.6) is 0 Å². The quantitative estimate of drug-likeness (QED) is 0.320. The van der Waals surface area contributed by atoms with E-state index in [9.17, 15) is 10.1 Å². The zero-order valence-electron chi connectivity index (χ0n) is 20.0. The van der Waals surface area contributed by atoms with Gasteiger partial charge in [0, 0.05) is 19.8 Å². The van der Waals surface area contributed by atoms with Crippen LogP contribution in [0, 0.1) is 29.1 Å². The summed E-state index contributed by atoms with van der Waals surface area (Å²) in [4.78, 5) is 15.0. The van der Waals surface area contributed by atoms with E-state index in [0.29, 0.717) is 11.5 Å². The molecule has 1 aromatic carbocycles. The van der Waals surface area contributed by atoms with E-state index in [4.69, 9.17) is 4.74 Å². The lowest BCUT2D eigenvalue weighted by Gasteiger charge is -2.22. The molecule has 0 amide bonds. The van der Waals surface area contributed by atoms with Gasteiger partial charge in [-0.25, -0.2) is 4.79 Å². The number of ether oxygens (including phenoxy) is 1. The van der Waals surface area contributed by atoms with Crippen molar-refractivity contribution in [1.29, 1.82) is 5.26 Å². The van der Waals surface area contributed by atoms with Gasteiger partial charge in [0.15, 0.2) is 0 Å². The van der Waals surface area contributed by atoms with Crippen LogP contribution < -0.4 is 4.90 Å². The topological polar surface area (TPSA) is 53.3 Å². The van der Waals surface area contributed by atoms with E-state index < -0.39 is 0 Å². The molecule has 0 saturated heterocycles. The molecule has 4 nitrogen and oxygen atoms in total. The highest BCUT2D eigenvalue weighted by Crippen LogP contribution is 2.26. The molecule has 30 heavy (non-hydrogen) atoms. The van der Waals surface area contributed by atoms with Gasteiger partial charge in [-0.1, -0.05) is 66.2 Å². The maximum absolute atomic E-state index is 13.0. The predicted molar refractivity (Wildman–Crippen MR) is 126 cm³/mol. The highest BCUT2D eigenvalue weighted by molar-refractivity contribution is 5.91. The Bertz CT molecular complexity index is 678. The molecular formula is C26H42N2O2. The number of anilines is 1. The van der Waals surface area contributed by atoms with E-state index in [-0.39, 0.29) is 24.4 Å². The van der Waals surface area contributed by atoms with Gasteiger partial charge < -0.3 is 9.64 Å². The number of rotatable bonds is 14. The van der Waals surface area contributed by atoms with Crippen LogP contribution in [-0.2, 0) is 11.2 Å². The first-order valence-electron chi connectivity index (χ1n) is 11.8. The average molecular weight is 415 g/mol. The van der Waals surface area contributed by atoms with Gasteiger partial charge in [0.25, 0.3) is 0 Å². The summed E-state index contributed by atoms with van der Waals surface area (Å²) in [6, 6.07) is 8.35. The summed E-state index contributed by atoms with van der Waals surface area (Å²) in [5.41, 5.74) is 2.80. The smallest absolute Gasteiger partial charge is 0.338 e. The van der Waals surface area contributed by atoms with Gasteiger partial charge in [0.2, 0.25) is 0 Å². The van der Waals surface area contributed by atoms with Crippen LogP contribution in [0.1, 0.15) is 88.6 Å². The Hall–Kier alpha value is -2.02. The number of esters is 1. The Labute approximate surface area is 184 Å². The molecule has 168 valence electrons. The highest BCUT2D eigenvalue weighted by Gasteiger charge is 2.23. The number of hydrogen-bond donors (Lipinski definition) is 0. The van der Waals surface area contributed by atoms with E-state index in [1.807, 2.05) is 26.2 Å². The van der Waals surface area contributed by atoms with Crippen molar-refractivity contribution in [2.24, 2.45) is 17.8 Å². The minimum Gasteiger partial charge on any atom is -0.461 e. The molecule has 0 heterocycles. The molecule has 0 aliphatic carbocycles. The number of nitriles is 1. The van der Waals surface area contributed by atoms with Crippen molar-refractivity contribution in [1.82, 2.24) is 0 Å². The summed E-state index contributed by atoms with van der Waals surface area (Å²) in [6.45, 7) is 8.85. The third-order valence-electron chi connectivity index (χ3n) is 6.19. The molecule has 0 saturated carbocycles. The Kier molecular flexibility index (Phi) is 12.2. The number of carbonyl (C=O) groups is 1. The number of nitrogens with zero attached hydrogens (tertiary/aromatic N) is 2. The molecule has 0 fully saturated rings.